The molecule has 144 valence electrons. The van der Waals surface area contributed by atoms with Crippen LogP contribution in [0.1, 0.15) is 30.3 Å². The van der Waals surface area contributed by atoms with Gasteiger partial charge >= 0.3 is 0 Å². The van der Waals surface area contributed by atoms with Gasteiger partial charge in [0.25, 0.3) is 5.91 Å². The van der Waals surface area contributed by atoms with Gasteiger partial charge in [-0.1, -0.05) is 27.9 Å². The Morgan fingerprint density at radius 1 is 1.23 bits per heavy atom. The van der Waals surface area contributed by atoms with E-state index in [9.17, 15) is 4.79 Å². The Balaban J connectivity index is 1.70. The SMILES string of the molecule is CCN1CCN(CC2(NC(=O)c3ncccc3Cl)CCN(P)CC2)CC1. The van der Waals surface area contributed by atoms with Crippen LogP contribution in [-0.4, -0.2) is 83.3 Å². The number of aromatic nitrogens is 1. The van der Waals surface area contributed by atoms with Gasteiger partial charge in [0.05, 0.1) is 10.6 Å². The Labute approximate surface area is 163 Å². The fourth-order valence-corrected chi connectivity index (χ4v) is 4.28. The second kappa shape index (κ2) is 8.94. The average Bonchev–Trinajstić information content (AvgIpc) is 2.65. The largest absolute Gasteiger partial charge is 0.344 e. The molecule has 0 bridgehead atoms. The van der Waals surface area contributed by atoms with Crippen LogP contribution in [0, 0.1) is 0 Å². The van der Waals surface area contributed by atoms with Gasteiger partial charge in [-0.2, -0.15) is 0 Å². The summed E-state index contributed by atoms with van der Waals surface area (Å²) in [4.78, 5) is 22.0. The third kappa shape index (κ3) is 4.93. The molecular weight excluding hydrogens is 369 g/mol. The molecule has 1 aromatic rings. The lowest BCUT2D eigenvalue weighted by atomic mass is 9.87. The first-order valence-corrected chi connectivity index (χ1v) is 10.3. The van der Waals surface area contributed by atoms with Gasteiger partial charge in [0, 0.05) is 52.0 Å². The predicted octanol–water partition coefficient (Wildman–Crippen LogP) is 1.73. The summed E-state index contributed by atoms with van der Waals surface area (Å²) in [5.74, 6) is -0.167. The minimum Gasteiger partial charge on any atom is -0.344 e. The van der Waals surface area contributed by atoms with Crippen LogP contribution < -0.4 is 5.32 Å². The number of piperidine rings is 1. The summed E-state index contributed by atoms with van der Waals surface area (Å²) >= 11 is 6.18. The van der Waals surface area contributed by atoms with Crippen LogP contribution in [0.2, 0.25) is 5.02 Å². The number of halogens is 1. The van der Waals surface area contributed by atoms with Gasteiger partial charge in [-0.05, 0) is 31.5 Å². The zero-order chi connectivity index (χ0) is 18.6. The van der Waals surface area contributed by atoms with Crippen molar-refractivity contribution in [1.82, 2.24) is 24.8 Å². The molecule has 2 fully saturated rings. The Morgan fingerprint density at radius 3 is 2.50 bits per heavy atom. The normalized spacial score (nSPS) is 22.3. The van der Waals surface area contributed by atoms with Gasteiger partial charge in [0.15, 0.2) is 0 Å². The number of nitrogens with zero attached hydrogens (tertiary/aromatic N) is 4. The maximum Gasteiger partial charge on any atom is 0.271 e. The van der Waals surface area contributed by atoms with Crippen molar-refractivity contribution in [2.45, 2.75) is 25.3 Å². The number of pyridine rings is 1. The van der Waals surface area contributed by atoms with Crippen LogP contribution in [0.4, 0.5) is 0 Å². The van der Waals surface area contributed by atoms with Crippen molar-refractivity contribution in [1.29, 1.82) is 0 Å². The molecule has 2 aliphatic heterocycles. The van der Waals surface area contributed by atoms with Gasteiger partial charge in [-0.3, -0.25) is 14.4 Å². The third-order valence-electron chi connectivity index (χ3n) is 5.55. The minimum atomic E-state index is -0.223. The summed E-state index contributed by atoms with van der Waals surface area (Å²) in [5.41, 5.74) is 0.0944. The molecule has 1 atom stereocenters. The molecule has 0 spiro atoms. The molecule has 3 rings (SSSR count). The van der Waals surface area contributed by atoms with E-state index in [2.05, 4.69) is 41.1 Å². The maximum absolute atomic E-state index is 12.9. The fraction of sp³-hybridized carbons (Fsp3) is 0.667. The van der Waals surface area contributed by atoms with E-state index < -0.39 is 0 Å². The molecule has 8 heteroatoms. The summed E-state index contributed by atoms with van der Waals surface area (Å²) in [6, 6.07) is 3.46. The van der Waals surface area contributed by atoms with Gasteiger partial charge in [0.2, 0.25) is 0 Å². The monoisotopic (exact) mass is 397 g/mol. The second-order valence-corrected chi connectivity index (χ2v) is 8.45. The molecule has 26 heavy (non-hydrogen) atoms. The quantitative estimate of drug-likeness (QED) is 0.767. The predicted molar refractivity (Wildman–Crippen MR) is 109 cm³/mol. The minimum absolute atomic E-state index is 0.167. The molecule has 0 aliphatic carbocycles. The molecule has 1 aromatic heterocycles. The molecule has 2 saturated heterocycles. The molecule has 2 aliphatic rings. The van der Waals surface area contributed by atoms with Crippen LogP contribution in [-0.2, 0) is 0 Å². The standard InChI is InChI=1S/C18H29ClN5OP/c1-2-22-10-12-23(13-11-22)14-18(5-8-24(26)9-6-18)21-17(25)16-15(19)4-3-7-20-16/h3-4,7H,2,5-6,8-14,26H2,1H3,(H,21,25). The molecule has 3 heterocycles. The first-order chi connectivity index (χ1) is 12.5. The van der Waals surface area contributed by atoms with Crippen molar-refractivity contribution in [2.24, 2.45) is 0 Å². The van der Waals surface area contributed by atoms with Crippen molar-refractivity contribution in [2.75, 3.05) is 52.4 Å². The van der Waals surface area contributed by atoms with Crippen molar-refractivity contribution in [3.05, 3.63) is 29.0 Å². The molecular formula is C18H29ClN5OP. The van der Waals surface area contributed by atoms with E-state index in [-0.39, 0.29) is 11.4 Å². The molecule has 1 N–H and O–H groups in total. The highest BCUT2D eigenvalue weighted by molar-refractivity contribution is 7.13. The van der Waals surface area contributed by atoms with Gasteiger partial charge in [-0.25, -0.2) is 4.98 Å². The molecule has 6 nitrogen and oxygen atoms in total. The molecule has 0 aromatic carbocycles. The lowest BCUT2D eigenvalue weighted by Gasteiger charge is -2.45. The molecule has 0 radical (unpaired) electrons. The number of piperazine rings is 1. The van der Waals surface area contributed by atoms with E-state index in [1.165, 1.54) is 0 Å². The van der Waals surface area contributed by atoms with Crippen LogP contribution in [0.25, 0.3) is 0 Å². The summed E-state index contributed by atoms with van der Waals surface area (Å²) in [6.45, 7) is 10.4. The van der Waals surface area contributed by atoms with Crippen LogP contribution in [0.5, 0.6) is 0 Å². The summed E-state index contributed by atoms with van der Waals surface area (Å²) in [5, 5.41) is 3.71. The highest BCUT2D eigenvalue weighted by atomic mass is 35.5. The maximum atomic E-state index is 12.9. The topological polar surface area (TPSA) is 51.7 Å². The van der Waals surface area contributed by atoms with E-state index in [0.717, 1.165) is 65.2 Å². The molecule has 1 unspecified atom stereocenters. The van der Waals surface area contributed by atoms with E-state index >= 15 is 0 Å². The van der Waals surface area contributed by atoms with Crippen molar-refractivity contribution >= 4 is 26.9 Å². The molecule has 0 saturated carbocycles. The number of likely N-dealkylation sites (N-methyl/N-ethyl adjacent to an activating group) is 1. The van der Waals surface area contributed by atoms with Gasteiger partial charge < -0.3 is 10.2 Å². The highest BCUT2D eigenvalue weighted by Crippen LogP contribution is 2.27. The highest BCUT2D eigenvalue weighted by Gasteiger charge is 2.38. The second-order valence-electron chi connectivity index (χ2n) is 7.31. The first kappa shape index (κ1) is 20.0. The third-order valence-corrected chi connectivity index (χ3v) is 6.37. The Hall–Kier alpha value is -0.780. The summed E-state index contributed by atoms with van der Waals surface area (Å²) in [6.07, 6.45) is 3.48. The summed E-state index contributed by atoms with van der Waals surface area (Å²) < 4.78 is 2.24. The smallest absolute Gasteiger partial charge is 0.271 e. The van der Waals surface area contributed by atoms with Crippen LogP contribution in [0.15, 0.2) is 18.3 Å². The van der Waals surface area contributed by atoms with Crippen LogP contribution in [0.3, 0.4) is 0 Å². The lowest BCUT2D eigenvalue weighted by Crippen LogP contribution is -2.61. The number of hydrogen-bond donors (Lipinski definition) is 1. The van der Waals surface area contributed by atoms with E-state index in [0.29, 0.717) is 10.7 Å². The zero-order valence-electron chi connectivity index (χ0n) is 15.5. The van der Waals surface area contributed by atoms with Crippen molar-refractivity contribution in [3.63, 3.8) is 0 Å². The average molecular weight is 398 g/mol. The number of rotatable bonds is 5. The Kier molecular flexibility index (Phi) is 6.87. The van der Waals surface area contributed by atoms with E-state index in [1.807, 2.05) is 0 Å². The number of carbonyl (C=O) groups is 1. The van der Waals surface area contributed by atoms with Crippen LogP contribution >= 0.6 is 21.0 Å². The van der Waals surface area contributed by atoms with Gasteiger partial charge in [-0.15, -0.1) is 0 Å². The number of nitrogens with one attached hydrogen (secondary N) is 1. The lowest BCUT2D eigenvalue weighted by molar-refractivity contribution is 0.0663. The Morgan fingerprint density at radius 2 is 1.88 bits per heavy atom. The van der Waals surface area contributed by atoms with Gasteiger partial charge in [0.1, 0.15) is 5.69 Å². The van der Waals surface area contributed by atoms with E-state index in [4.69, 9.17) is 11.6 Å². The van der Waals surface area contributed by atoms with Crippen molar-refractivity contribution < 1.29 is 4.79 Å². The van der Waals surface area contributed by atoms with E-state index in [1.54, 1.807) is 18.3 Å². The number of amides is 1. The summed E-state index contributed by atoms with van der Waals surface area (Å²) in [7, 11) is 2.78. The Bertz CT molecular complexity index is 615. The fourth-order valence-electron chi connectivity index (χ4n) is 3.82. The molecule has 1 amide bonds. The first-order valence-electron chi connectivity index (χ1n) is 9.39. The number of hydrogen-bond acceptors (Lipinski definition) is 5. The number of carbonyl (C=O) groups excluding carboxylic acids is 1. The van der Waals surface area contributed by atoms with Crippen molar-refractivity contribution in [3.8, 4) is 0 Å². The zero-order valence-corrected chi connectivity index (χ0v) is 17.4.